The summed E-state index contributed by atoms with van der Waals surface area (Å²) in [6.45, 7) is 0. The van der Waals surface area contributed by atoms with Gasteiger partial charge in [0, 0.05) is 22.8 Å². The first-order valence-corrected chi connectivity index (χ1v) is 8.79. The van der Waals surface area contributed by atoms with E-state index in [1.165, 1.54) is 0 Å². The van der Waals surface area contributed by atoms with Gasteiger partial charge in [-0.15, -0.1) is 5.23 Å². The number of phenolic OH excluding ortho intramolecular Hbond substituents is 1. The number of aromatic nitrogens is 1. The van der Waals surface area contributed by atoms with E-state index in [1.54, 1.807) is 30.5 Å². The molecule has 140 valence electrons. The Balaban J connectivity index is 1.77. The van der Waals surface area contributed by atoms with E-state index in [1.807, 2.05) is 54.6 Å². The fourth-order valence-corrected chi connectivity index (χ4v) is 3.22. The van der Waals surface area contributed by atoms with Gasteiger partial charge in [-0.3, -0.25) is 15.4 Å². The molecule has 4 rings (SSSR count). The van der Waals surface area contributed by atoms with Crippen molar-refractivity contribution in [1.29, 1.82) is 0 Å². The van der Waals surface area contributed by atoms with E-state index in [4.69, 9.17) is 10.4 Å². The summed E-state index contributed by atoms with van der Waals surface area (Å²) >= 11 is 0. The number of rotatable bonds is 5. The molecule has 1 atom stereocenters. The van der Waals surface area contributed by atoms with Gasteiger partial charge in [-0.05, 0) is 35.9 Å². The SMILES string of the molecule is Oc1c(C(Nc2ccc(N(O)O)cc2)c2ccccc2)ccc2cccnc12. The number of benzene rings is 3. The zero-order valence-electron chi connectivity index (χ0n) is 14.9. The second-order valence-corrected chi connectivity index (χ2v) is 6.40. The fraction of sp³-hybridized carbons (Fsp3) is 0.0455. The van der Waals surface area contributed by atoms with E-state index >= 15 is 0 Å². The highest BCUT2D eigenvalue weighted by Gasteiger charge is 2.20. The predicted octanol–water partition coefficient (Wildman–Crippen LogP) is 4.73. The van der Waals surface area contributed by atoms with Crippen molar-refractivity contribution in [3.05, 3.63) is 96.2 Å². The van der Waals surface area contributed by atoms with Crippen LogP contribution in [0.3, 0.4) is 0 Å². The van der Waals surface area contributed by atoms with E-state index < -0.39 is 0 Å². The normalized spacial score (nSPS) is 11.9. The number of anilines is 2. The van der Waals surface area contributed by atoms with Crippen LogP contribution in [0.15, 0.2) is 85.1 Å². The number of hydrogen-bond acceptors (Lipinski definition) is 6. The Morgan fingerprint density at radius 1 is 0.821 bits per heavy atom. The first kappa shape index (κ1) is 17.8. The quantitative estimate of drug-likeness (QED) is 0.378. The van der Waals surface area contributed by atoms with Crippen molar-refractivity contribution in [3.8, 4) is 5.75 Å². The molecule has 0 saturated carbocycles. The van der Waals surface area contributed by atoms with Crippen LogP contribution in [0.4, 0.5) is 11.4 Å². The third-order valence-electron chi connectivity index (χ3n) is 4.63. The molecule has 6 heteroatoms. The summed E-state index contributed by atoms with van der Waals surface area (Å²) in [5.74, 6) is 0.132. The first-order chi connectivity index (χ1) is 13.6. The van der Waals surface area contributed by atoms with Gasteiger partial charge in [-0.25, -0.2) is 0 Å². The molecule has 1 heterocycles. The zero-order chi connectivity index (χ0) is 19.5. The Kier molecular flexibility index (Phi) is 4.80. The summed E-state index contributed by atoms with van der Waals surface area (Å²) in [6.07, 6.45) is 1.66. The predicted molar refractivity (Wildman–Crippen MR) is 108 cm³/mol. The van der Waals surface area contributed by atoms with E-state index in [2.05, 4.69) is 10.3 Å². The fourth-order valence-electron chi connectivity index (χ4n) is 3.22. The second kappa shape index (κ2) is 7.56. The number of pyridine rings is 1. The lowest BCUT2D eigenvalue weighted by molar-refractivity contribution is 0.0292. The largest absolute Gasteiger partial charge is 0.505 e. The highest BCUT2D eigenvalue weighted by atomic mass is 16.8. The topological polar surface area (TPSA) is 88.9 Å². The summed E-state index contributed by atoms with van der Waals surface area (Å²) in [6, 6.07) is 23.7. The third-order valence-corrected chi connectivity index (χ3v) is 4.63. The molecule has 0 aliphatic carbocycles. The van der Waals surface area contributed by atoms with Crippen molar-refractivity contribution >= 4 is 22.3 Å². The van der Waals surface area contributed by atoms with E-state index in [-0.39, 0.29) is 22.7 Å². The lowest BCUT2D eigenvalue weighted by atomic mass is 9.96. The minimum absolute atomic E-state index is 0.0687. The molecule has 1 unspecified atom stereocenters. The Morgan fingerprint density at radius 2 is 1.57 bits per heavy atom. The summed E-state index contributed by atoms with van der Waals surface area (Å²) in [5, 5.41) is 33.5. The number of phenols is 1. The standard InChI is InChI=1S/C22H19N3O3/c26-22-19(13-8-16-7-4-14-23-21(16)22)20(15-5-2-1-3-6-15)24-17-9-11-18(12-10-17)25(27)28/h1-14,20,24,26-28H. The number of fused-ring (bicyclic) bond motifs is 1. The monoisotopic (exact) mass is 373 g/mol. The maximum Gasteiger partial charge on any atom is 0.147 e. The van der Waals surface area contributed by atoms with E-state index in [9.17, 15) is 5.11 Å². The van der Waals surface area contributed by atoms with Crippen LogP contribution in [-0.4, -0.2) is 20.5 Å². The van der Waals surface area contributed by atoms with Gasteiger partial charge in [0.05, 0.1) is 11.7 Å². The molecule has 6 nitrogen and oxygen atoms in total. The number of nitrogens with one attached hydrogen (secondary N) is 1. The van der Waals surface area contributed by atoms with Gasteiger partial charge in [0.25, 0.3) is 0 Å². The molecule has 28 heavy (non-hydrogen) atoms. The molecule has 0 fully saturated rings. The van der Waals surface area contributed by atoms with Crippen LogP contribution < -0.4 is 10.5 Å². The van der Waals surface area contributed by atoms with Gasteiger partial charge < -0.3 is 10.4 Å². The van der Waals surface area contributed by atoms with Crippen LogP contribution in [0.25, 0.3) is 10.9 Å². The lowest BCUT2D eigenvalue weighted by Crippen LogP contribution is -2.14. The molecule has 3 aromatic carbocycles. The highest BCUT2D eigenvalue weighted by molar-refractivity contribution is 5.86. The van der Waals surface area contributed by atoms with Crippen LogP contribution in [0.5, 0.6) is 5.75 Å². The molecular formula is C22H19N3O3. The average molecular weight is 373 g/mol. The van der Waals surface area contributed by atoms with Gasteiger partial charge in [-0.1, -0.05) is 48.5 Å². The van der Waals surface area contributed by atoms with Crippen molar-refractivity contribution in [2.45, 2.75) is 6.04 Å². The zero-order valence-corrected chi connectivity index (χ0v) is 14.9. The summed E-state index contributed by atoms with van der Waals surface area (Å²) in [4.78, 5) is 4.32. The molecular weight excluding hydrogens is 354 g/mol. The van der Waals surface area contributed by atoms with Crippen LogP contribution in [0.2, 0.25) is 0 Å². The Morgan fingerprint density at radius 3 is 2.29 bits per heavy atom. The lowest BCUT2D eigenvalue weighted by Gasteiger charge is -2.23. The molecule has 4 N–H and O–H groups in total. The molecule has 0 bridgehead atoms. The number of aromatic hydroxyl groups is 1. The molecule has 0 amide bonds. The Hall–Kier alpha value is -3.61. The molecule has 0 aliphatic heterocycles. The van der Waals surface area contributed by atoms with Gasteiger partial charge in [0.1, 0.15) is 11.3 Å². The van der Waals surface area contributed by atoms with Crippen molar-refractivity contribution in [2.24, 2.45) is 0 Å². The van der Waals surface area contributed by atoms with Crippen LogP contribution >= 0.6 is 0 Å². The van der Waals surface area contributed by atoms with E-state index in [0.717, 1.165) is 16.6 Å². The van der Waals surface area contributed by atoms with Crippen molar-refractivity contribution in [2.75, 3.05) is 10.5 Å². The molecule has 1 aromatic heterocycles. The highest BCUT2D eigenvalue weighted by Crippen LogP contribution is 2.36. The minimum Gasteiger partial charge on any atom is -0.505 e. The molecule has 0 aliphatic rings. The van der Waals surface area contributed by atoms with Gasteiger partial charge in [-0.2, -0.15) is 0 Å². The smallest absolute Gasteiger partial charge is 0.147 e. The summed E-state index contributed by atoms with van der Waals surface area (Å²) in [5.41, 5.74) is 3.24. The maximum atomic E-state index is 10.9. The van der Waals surface area contributed by atoms with Gasteiger partial charge in [0.2, 0.25) is 0 Å². The van der Waals surface area contributed by atoms with Gasteiger partial charge >= 0.3 is 0 Å². The maximum absolute atomic E-state index is 10.9. The Labute approximate surface area is 161 Å². The third kappa shape index (κ3) is 3.46. The van der Waals surface area contributed by atoms with Crippen LogP contribution in [-0.2, 0) is 0 Å². The average Bonchev–Trinajstić information content (AvgIpc) is 2.74. The second-order valence-electron chi connectivity index (χ2n) is 6.40. The number of hydrogen-bond donors (Lipinski definition) is 4. The molecule has 0 saturated heterocycles. The molecule has 4 aromatic rings. The van der Waals surface area contributed by atoms with Crippen molar-refractivity contribution < 1.29 is 15.5 Å². The van der Waals surface area contributed by atoms with Crippen LogP contribution in [0, 0.1) is 0 Å². The van der Waals surface area contributed by atoms with Crippen molar-refractivity contribution in [1.82, 2.24) is 4.98 Å². The molecule has 0 spiro atoms. The summed E-state index contributed by atoms with van der Waals surface area (Å²) in [7, 11) is 0. The van der Waals surface area contributed by atoms with Crippen LogP contribution in [0.1, 0.15) is 17.2 Å². The van der Waals surface area contributed by atoms with Gasteiger partial charge in [0.15, 0.2) is 0 Å². The first-order valence-electron chi connectivity index (χ1n) is 8.79. The Bertz CT molecular complexity index is 1080. The summed E-state index contributed by atoms with van der Waals surface area (Å²) < 4.78 is 0. The number of nitrogens with zero attached hydrogens (tertiary/aromatic N) is 2. The van der Waals surface area contributed by atoms with E-state index in [0.29, 0.717) is 11.1 Å². The van der Waals surface area contributed by atoms with Crippen molar-refractivity contribution in [3.63, 3.8) is 0 Å². The minimum atomic E-state index is -0.321. The molecule has 0 radical (unpaired) electrons.